The maximum absolute atomic E-state index is 12.5. The zero-order valence-corrected chi connectivity index (χ0v) is 14.2. The highest BCUT2D eigenvalue weighted by molar-refractivity contribution is 9.11. The van der Waals surface area contributed by atoms with Crippen LogP contribution in [0.25, 0.3) is 0 Å². The Morgan fingerprint density at radius 2 is 1.67 bits per heavy atom. The third-order valence-corrected chi connectivity index (χ3v) is 4.12. The lowest BCUT2D eigenvalue weighted by Gasteiger charge is -2.18. The average Bonchev–Trinajstić information content (AvgIpc) is 2.46. The van der Waals surface area contributed by atoms with Crippen molar-refractivity contribution >= 4 is 49.4 Å². The molecule has 0 aliphatic carbocycles. The minimum atomic E-state index is -0.994. The fourth-order valence-electron chi connectivity index (χ4n) is 1.79. The van der Waals surface area contributed by atoms with Crippen LogP contribution in [0, 0.1) is 0 Å². The Bertz CT molecular complexity index is 699. The molecule has 0 saturated carbocycles. The third-order valence-electron chi connectivity index (χ3n) is 2.97. The second kappa shape index (κ2) is 6.41. The summed E-state index contributed by atoms with van der Waals surface area (Å²) in [4.78, 5) is 24.8. The molecular weight excluding hydrogens is 402 g/mol. The summed E-state index contributed by atoms with van der Waals surface area (Å²) in [6.07, 6.45) is 0. The van der Waals surface area contributed by atoms with Crippen LogP contribution in [0.4, 0.5) is 5.69 Å². The normalized spacial score (nSPS) is 10.2. The van der Waals surface area contributed by atoms with E-state index in [1.165, 1.54) is 17.0 Å². The van der Waals surface area contributed by atoms with E-state index >= 15 is 0 Å². The van der Waals surface area contributed by atoms with E-state index in [9.17, 15) is 9.59 Å². The highest BCUT2D eigenvalue weighted by Gasteiger charge is 2.16. The number of amides is 1. The number of halogens is 2. The molecule has 0 heterocycles. The van der Waals surface area contributed by atoms with E-state index in [0.717, 1.165) is 4.47 Å². The van der Waals surface area contributed by atoms with Crippen LogP contribution in [0.1, 0.15) is 20.7 Å². The Morgan fingerprint density at radius 1 is 1.05 bits per heavy atom. The molecule has 21 heavy (non-hydrogen) atoms. The Balaban J connectivity index is 2.28. The summed E-state index contributed by atoms with van der Waals surface area (Å²) in [5.41, 5.74) is 1.34. The number of carbonyl (C=O) groups excluding carboxylic acids is 1. The fraction of sp³-hybridized carbons (Fsp3) is 0.0667. The lowest BCUT2D eigenvalue weighted by Crippen LogP contribution is -2.26. The van der Waals surface area contributed by atoms with Crippen molar-refractivity contribution in [1.29, 1.82) is 0 Å². The van der Waals surface area contributed by atoms with Crippen molar-refractivity contribution in [3.63, 3.8) is 0 Å². The zero-order chi connectivity index (χ0) is 15.6. The number of hydrogen-bond acceptors (Lipinski definition) is 2. The lowest BCUT2D eigenvalue weighted by atomic mass is 10.1. The van der Waals surface area contributed by atoms with Gasteiger partial charge in [-0.05, 0) is 58.4 Å². The molecule has 0 unspecified atom stereocenters. The van der Waals surface area contributed by atoms with Crippen LogP contribution in [0.15, 0.2) is 51.4 Å². The molecule has 0 bridgehead atoms. The lowest BCUT2D eigenvalue weighted by molar-refractivity contribution is 0.0696. The second-order valence-corrected chi connectivity index (χ2v) is 6.11. The van der Waals surface area contributed by atoms with Gasteiger partial charge >= 0.3 is 5.97 Å². The van der Waals surface area contributed by atoms with Gasteiger partial charge < -0.3 is 10.0 Å². The summed E-state index contributed by atoms with van der Waals surface area (Å²) in [6, 6.07) is 11.5. The van der Waals surface area contributed by atoms with Gasteiger partial charge in [0.05, 0.1) is 11.1 Å². The van der Waals surface area contributed by atoms with E-state index in [0.29, 0.717) is 15.7 Å². The van der Waals surface area contributed by atoms with Gasteiger partial charge in [0.25, 0.3) is 5.91 Å². The van der Waals surface area contributed by atoms with Crippen LogP contribution in [-0.2, 0) is 0 Å². The van der Waals surface area contributed by atoms with Gasteiger partial charge in [-0.25, -0.2) is 4.79 Å². The predicted octanol–water partition coefficient (Wildman–Crippen LogP) is 4.19. The SMILES string of the molecule is CN(C(=O)c1ccc(Br)cc1Br)c1ccc(C(=O)O)cc1. The molecule has 0 saturated heterocycles. The smallest absolute Gasteiger partial charge is 0.335 e. The van der Waals surface area contributed by atoms with Crippen molar-refractivity contribution < 1.29 is 14.7 Å². The Morgan fingerprint density at radius 3 is 2.19 bits per heavy atom. The van der Waals surface area contributed by atoms with Crippen molar-refractivity contribution in [2.75, 3.05) is 11.9 Å². The Labute approximate surface area is 138 Å². The molecule has 108 valence electrons. The largest absolute Gasteiger partial charge is 0.478 e. The number of aromatic carboxylic acids is 1. The molecule has 1 N–H and O–H groups in total. The topological polar surface area (TPSA) is 57.6 Å². The average molecular weight is 413 g/mol. The first kappa shape index (κ1) is 15.7. The molecule has 0 aliphatic rings. The van der Waals surface area contributed by atoms with E-state index in [-0.39, 0.29) is 11.5 Å². The van der Waals surface area contributed by atoms with Gasteiger partial charge in [-0.3, -0.25) is 4.79 Å². The first-order valence-corrected chi connectivity index (χ1v) is 7.55. The molecule has 0 fully saturated rings. The zero-order valence-electron chi connectivity index (χ0n) is 11.0. The molecule has 1 amide bonds. The van der Waals surface area contributed by atoms with Gasteiger partial charge in [0.2, 0.25) is 0 Å². The van der Waals surface area contributed by atoms with E-state index < -0.39 is 5.97 Å². The molecule has 6 heteroatoms. The second-order valence-electron chi connectivity index (χ2n) is 4.34. The molecule has 0 aliphatic heterocycles. The van der Waals surface area contributed by atoms with Crippen LogP contribution in [-0.4, -0.2) is 24.0 Å². The predicted molar refractivity (Wildman–Crippen MR) is 88.0 cm³/mol. The molecule has 0 atom stereocenters. The van der Waals surface area contributed by atoms with Gasteiger partial charge in [0.15, 0.2) is 0 Å². The van der Waals surface area contributed by atoms with Gasteiger partial charge in [-0.1, -0.05) is 15.9 Å². The van der Waals surface area contributed by atoms with Crippen molar-refractivity contribution in [3.8, 4) is 0 Å². The van der Waals surface area contributed by atoms with Crippen LogP contribution in [0.3, 0.4) is 0 Å². The van der Waals surface area contributed by atoms with Gasteiger partial charge in [-0.15, -0.1) is 0 Å². The van der Waals surface area contributed by atoms with Crippen LogP contribution in [0.2, 0.25) is 0 Å². The molecule has 2 aromatic carbocycles. The molecular formula is C15H11Br2NO3. The number of carboxylic acids is 1. The highest BCUT2D eigenvalue weighted by Crippen LogP contribution is 2.25. The molecule has 0 aromatic heterocycles. The Kier molecular flexibility index (Phi) is 4.80. The monoisotopic (exact) mass is 411 g/mol. The quantitative estimate of drug-likeness (QED) is 0.822. The molecule has 0 radical (unpaired) electrons. The van der Waals surface area contributed by atoms with Crippen molar-refractivity contribution in [3.05, 3.63) is 62.5 Å². The van der Waals surface area contributed by atoms with Crippen molar-refractivity contribution in [2.45, 2.75) is 0 Å². The number of hydrogen-bond donors (Lipinski definition) is 1. The summed E-state index contributed by atoms with van der Waals surface area (Å²) in [6.45, 7) is 0. The summed E-state index contributed by atoms with van der Waals surface area (Å²) in [7, 11) is 1.65. The minimum Gasteiger partial charge on any atom is -0.478 e. The van der Waals surface area contributed by atoms with Gasteiger partial charge in [0.1, 0.15) is 0 Å². The number of nitrogens with zero attached hydrogens (tertiary/aromatic N) is 1. The van der Waals surface area contributed by atoms with E-state index in [2.05, 4.69) is 31.9 Å². The number of carbonyl (C=O) groups is 2. The van der Waals surface area contributed by atoms with Crippen LogP contribution >= 0.6 is 31.9 Å². The number of benzene rings is 2. The molecule has 2 aromatic rings. The third kappa shape index (κ3) is 3.51. The van der Waals surface area contributed by atoms with Crippen LogP contribution in [0.5, 0.6) is 0 Å². The minimum absolute atomic E-state index is 0.183. The van der Waals surface area contributed by atoms with E-state index in [1.54, 1.807) is 37.4 Å². The number of anilines is 1. The molecule has 0 spiro atoms. The standard InChI is InChI=1S/C15H11Br2NO3/c1-18(11-5-2-9(3-6-11)15(20)21)14(19)12-7-4-10(16)8-13(12)17/h2-8H,1H3,(H,20,21). The first-order chi connectivity index (χ1) is 9.90. The van der Waals surface area contributed by atoms with Crippen LogP contribution < -0.4 is 4.90 Å². The Hall–Kier alpha value is -1.66. The number of rotatable bonds is 3. The summed E-state index contributed by atoms with van der Waals surface area (Å²) in [5, 5.41) is 8.87. The maximum atomic E-state index is 12.5. The van der Waals surface area contributed by atoms with Gasteiger partial charge in [0, 0.05) is 21.7 Å². The summed E-state index contributed by atoms with van der Waals surface area (Å²) in [5.74, 6) is -1.18. The first-order valence-electron chi connectivity index (χ1n) is 5.96. The summed E-state index contributed by atoms with van der Waals surface area (Å²) < 4.78 is 1.57. The molecule has 2 rings (SSSR count). The summed E-state index contributed by atoms with van der Waals surface area (Å²) >= 11 is 6.70. The van der Waals surface area contributed by atoms with Gasteiger partial charge in [-0.2, -0.15) is 0 Å². The van der Waals surface area contributed by atoms with Crippen molar-refractivity contribution in [2.24, 2.45) is 0 Å². The molecule has 4 nitrogen and oxygen atoms in total. The van der Waals surface area contributed by atoms with E-state index in [1.807, 2.05) is 0 Å². The number of carboxylic acid groups (broad SMARTS) is 1. The van der Waals surface area contributed by atoms with Crippen molar-refractivity contribution in [1.82, 2.24) is 0 Å². The maximum Gasteiger partial charge on any atom is 0.335 e. The highest BCUT2D eigenvalue weighted by atomic mass is 79.9. The van der Waals surface area contributed by atoms with E-state index in [4.69, 9.17) is 5.11 Å². The fourth-order valence-corrected chi connectivity index (χ4v) is 3.01.